The lowest BCUT2D eigenvalue weighted by Gasteiger charge is -2.21. The van der Waals surface area contributed by atoms with Crippen LogP contribution in [-0.2, 0) is 16.4 Å². The molecule has 6 nitrogen and oxygen atoms in total. The van der Waals surface area contributed by atoms with E-state index in [1.54, 1.807) is 12.1 Å². The smallest absolute Gasteiger partial charge is 0.267 e. The van der Waals surface area contributed by atoms with Crippen LogP contribution in [0.15, 0.2) is 58.4 Å². The van der Waals surface area contributed by atoms with Crippen molar-refractivity contribution in [3.63, 3.8) is 0 Å². The van der Waals surface area contributed by atoms with E-state index in [-0.39, 0.29) is 16.0 Å². The zero-order valence-electron chi connectivity index (χ0n) is 16.7. The Labute approximate surface area is 173 Å². The third-order valence-corrected chi connectivity index (χ3v) is 5.36. The number of benzene rings is 2. The van der Waals surface area contributed by atoms with Gasteiger partial charge in [0.1, 0.15) is 0 Å². The molecule has 2 N–H and O–H groups in total. The van der Waals surface area contributed by atoms with E-state index >= 15 is 0 Å². The quantitative estimate of drug-likeness (QED) is 0.682. The first-order chi connectivity index (χ1) is 13.9. The zero-order chi connectivity index (χ0) is 22.3. The summed E-state index contributed by atoms with van der Waals surface area (Å²) in [7, 11) is -3.85. The van der Waals surface area contributed by atoms with Crippen molar-refractivity contribution in [2.24, 2.45) is 10.6 Å². The third-order valence-electron chi connectivity index (χ3n) is 4.43. The Morgan fingerprint density at radius 3 is 2.20 bits per heavy atom. The Kier molecular flexibility index (Phi) is 5.62. The predicted molar refractivity (Wildman–Crippen MR) is 110 cm³/mol. The summed E-state index contributed by atoms with van der Waals surface area (Å²) >= 11 is 0. The lowest BCUT2D eigenvalue weighted by atomic mass is 9.86. The van der Waals surface area contributed by atoms with E-state index in [1.165, 1.54) is 24.4 Å². The van der Waals surface area contributed by atoms with Gasteiger partial charge in [-0.1, -0.05) is 32.9 Å². The zero-order valence-corrected chi connectivity index (χ0v) is 17.5. The normalized spacial score (nSPS) is 12.2. The number of nitrogens with zero attached hydrogens (tertiary/aromatic N) is 2. The largest absolute Gasteiger partial charge is 0.275 e. The molecule has 9 heteroatoms. The molecular formula is C21H21F2N3O3S. The highest BCUT2D eigenvalue weighted by atomic mass is 32.2. The molecule has 0 unspecified atom stereocenters. The summed E-state index contributed by atoms with van der Waals surface area (Å²) in [6.07, 6.45) is 1.83. The van der Waals surface area contributed by atoms with E-state index in [2.05, 4.69) is 5.10 Å². The average Bonchev–Trinajstić information content (AvgIpc) is 2.64. The van der Waals surface area contributed by atoms with Gasteiger partial charge in [-0.15, -0.1) is 0 Å². The molecule has 0 bridgehead atoms. The van der Waals surface area contributed by atoms with Crippen molar-refractivity contribution in [2.45, 2.75) is 32.1 Å². The first-order valence-corrected chi connectivity index (χ1v) is 10.6. The fraction of sp³-hybridized carbons (Fsp3) is 0.238. The molecule has 0 aliphatic carbocycles. The van der Waals surface area contributed by atoms with Crippen LogP contribution in [0.1, 0.15) is 26.3 Å². The first kappa shape index (κ1) is 21.8. The molecular weight excluding hydrogens is 412 g/mol. The van der Waals surface area contributed by atoms with Gasteiger partial charge in [-0.25, -0.2) is 22.3 Å². The maximum absolute atomic E-state index is 13.7. The van der Waals surface area contributed by atoms with Crippen LogP contribution in [-0.4, -0.2) is 18.2 Å². The number of sulfonamides is 1. The van der Waals surface area contributed by atoms with Crippen molar-refractivity contribution in [1.29, 1.82) is 0 Å². The lowest BCUT2D eigenvalue weighted by Crippen LogP contribution is -2.28. The first-order valence-electron chi connectivity index (χ1n) is 9.07. The van der Waals surface area contributed by atoms with Crippen molar-refractivity contribution in [2.75, 3.05) is 0 Å². The summed E-state index contributed by atoms with van der Waals surface area (Å²) in [6, 6.07) is 8.91. The highest BCUT2D eigenvalue weighted by Gasteiger charge is 2.21. The molecule has 30 heavy (non-hydrogen) atoms. The molecule has 0 fully saturated rings. The van der Waals surface area contributed by atoms with Crippen LogP contribution in [0, 0.1) is 17.0 Å². The Morgan fingerprint density at radius 2 is 1.67 bits per heavy atom. The van der Waals surface area contributed by atoms with Gasteiger partial charge in [0.25, 0.3) is 5.56 Å². The monoisotopic (exact) mass is 433 g/mol. The molecule has 0 aliphatic rings. The molecule has 0 atom stereocenters. The molecule has 1 heterocycles. The van der Waals surface area contributed by atoms with E-state index in [1.807, 2.05) is 20.8 Å². The molecule has 1 aromatic heterocycles. The van der Waals surface area contributed by atoms with Crippen LogP contribution in [0.4, 0.5) is 8.78 Å². The van der Waals surface area contributed by atoms with Crippen LogP contribution in [0.25, 0.3) is 16.8 Å². The summed E-state index contributed by atoms with van der Waals surface area (Å²) in [4.78, 5) is 13.2. The van der Waals surface area contributed by atoms with Gasteiger partial charge in [-0.05, 0) is 41.7 Å². The van der Waals surface area contributed by atoms with Crippen molar-refractivity contribution in [3.05, 3.63) is 76.2 Å². The van der Waals surface area contributed by atoms with Crippen LogP contribution < -0.4 is 10.7 Å². The Hall–Kier alpha value is -2.91. The number of aromatic nitrogens is 2. The van der Waals surface area contributed by atoms with Gasteiger partial charge in [-0.3, -0.25) is 4.79 Å². The van der Waals surface area contributed by atoms with E-state index in [0.29, 0.717) is 23.1 Å². The minimum Gasteiger partial charge on any atom is -0.267 e. The number of hydrogen-bond donors (Lipinski definition) is 1. The van der Waals surface area contributed by atoms with Crippen molar-refractivity contribution in [3.8, 4) is 16.8 Å². The Bertz CT molecular complexity index is 1260. The van der Waals surface area contributed by atoms with Gasteiger partial charge in [-0.2, -0.15) is 9.78 Å². The minimum absolute atomic E-state index is 0.0493. The van der Waals surface area contributed by atoms with Gasteiger partial charge in [0, 0.05) is 17.2 Å². The molecule has 0 amide bonds. The number of primary sulfonamides is 1. The molecule has 0 radical (unpaired) electrons. The molecule has 2 aromatic carbocycles. The summed E-state index contributed by atoms with van der Waals surface area (Å²) in [6.45, 7) is 5.88. The summed E-state index contributed by atoms with van der Waals surface area (Å²) in [5, 5.41) is 9.27. The maximum Gasteiger partial charge on any atom is 0.275 e. The second-order valence-electron chi connectivity index (χ2n) is 8.16. The van der Waals surface area contributed by atoms with Crippen LogP contribution >= 0.6 is 0 Å². The van der Waals surface area contributed by atoms with E-state index in [0.717, 1.165) is 16.8 Å². The van der Waals surface area contributed by atoms with Gasteiger partial charge < -0.3 is 0 Å². The van der Waals surface area contributed by atoms with Crippen LogP contribution in [0.5, 0.6) is 0 Å². The third kappa shape index (κ3) is 4.63. The molecule has 158 valence electrons. The Balaban J connectivity index is 2.20. The average molecular weight is 433 g/mol. The highest BCUT2D eigenvalue weighted by Crippen LogP contribution is 2.28. The second kappa shape index (κ2) is 7.73. The molecule has 0 saturated carbocycles. The minimum atomic E-state index is -3.85. The van der Waals surface area contributed by atoms with E-state index in [4.69, 9.17) is 5.14 Å². The lowest BCUT2D eigenvalue weighted by molar-refractivity contribution is 0.408. The van der Waals surface area contributed by atoms with Crippen molar-refractivity contribution >= 4 is 10.0 Å². The Morgan fingerprint density at radius 1 is 1.03 bits per heavy atom. The summed E-state index contributed by atoms with van der Waals surface area (Å²) in [5.41, 5.74) is 0.903. The SMILES string of the molecule is CC(C)(C)Cc1c(-c2ccc(S(N)(=O)=O)cc2)cnn(-c2ccc(F)c(F)c2)c1=O. The fourth-order valence-electron chi connectivity index (χ4n) is 3.06. The van der Waals surface area contributed by atoms with Crippen LogP contribution in [0.2, 0.25) is 0 Å². The molecule has 0 aliphatic heterocycles. The van der Waals surface area contributed by atoms with Gasteiger partial charge in [0.2, 0.25) is 10.0 Å². The molecule has 3 rings (SSSR count). The summed E-state index contributed by atoms with van der Waals surface area (Å²) < 4.78 is 51.0. The molecule has 0 spiro atoms. The summed E-state index contributed by atoms with van der Waals surface area (Å²) in [5.74, 6) is -2.10. The van der Waals surface area contributed by atoms with Crippen molar-refractivity contribution in [1.82, 2.24) is 9.78 Å². The topological polar surface area (TPSA) is 95.1 Å². The van der Waals surface area contributed by atoms with Crippen molar-refractivity contribution < 1.29 is 17.2 Å². The van der Waals surface area contributed by atoms with E-state index in [9.17, 15) is 22.0 Å². The number of rotatable bonds is 4. The second-order valence-corrected chi connectivity index (χ2v) is 9.72. The van der Waals surface area contributed by atoms with E-state index < -0.39 is 27.2 Å². The number of halogens is 2. The maximum atomic E-state index is 13.7. The standard InChI is InChI=1S/C21H21F2N3O3S/c1-21(2,3)11-16-17(13-4-7-15(8-5-13)30(24,28)29)12-25-26(20(16)27)14-6-9-18(22)19(23)10-14/h4-10,12H,11H2,1-3H3,(H2,24,28,29). The fourth-order valence-corrected chi connectivity index (χ4v) is 3.58. The molecule has 0 saturated heterocycles. The van der Waals surface area contributed by atoms with Gasteiger partial charge >= 0.3 is 0 Å². The van der Waals surface area contributed by atoms with Gasteiger partial charge in [0.15, 0.2) is 11.6 Å². The van der Waals surface area contributed by atoms with Crippen LogP contribution in [0.3, 0.4) is 0 Å². The molecule has 3 aromatic rings. The highest BCUT2D eigenvalue weighted by molar-refractivity contribution is 7.89. The van der Waals surface area contributed by atoms with Gasteiger partial charge in [0.05, 0.1) is 16.8 Å². The predicted octanol–water partition coefficient (Wildman–Crippen LogP) is 3.41. The number of hydrogen-bond acceptors (Lipinski definition) is 4. The number of nitrogens with two attached hydrogens (primary N) is 1.